The molecule has 17 heavy (non-hydrogen) atoms. The van der Waals surface area contributed by atoms with Crippen molar-refractivity contribution in [3.63, 3.8) is 0 Å². The lowest BCUT2D eigenvalue weighted by molar-refractivity contribution is 0.367. The lowest BCUT2D eigenvalue weighted by atomic mass is 9.94. The van der Waals surface area contributed by atoms with Gasteiger partial charge in [0.25, 0.3) is 0 Å². The van der Waals surface area contributed by atoms with Crippen LogP contribution in [0.15, 0.2) is 22.8 Å². The van der Waals surface area contributed by atoms with Gasteiger partial charge in [0.15, 0.2) is 11.5 Å². The van der Waals surface area contributed by atoms with Crippen molar-refractivity contribution in [1.29, 1.82) is 0 Å². The highest BCUT2D eigenvalue weighted by Gasteiger charge is 2.16. The van der Waals surface area contributed by atoms with E-state index in [1.165, 1.54) is 12.8 Å². The molecule has 0 amide bonds. The molecule has 1 N–H and O–H groups in total. The standard InChI is InChI=1S/C12H15BrN4/c13-10-3-6-17-12(8-10)15-11(16-17)7-9-1-4-14-5-2-9/h3,6,8-9,14H,1-2,4-5,7H2. The molecule has 5 heteroatoms. The van der Waals surface area contributed by atoms with Gasteiger partial charge in [0.1, 0.15) is 0 Å². The van der Waals surface area contributed by atoms with Gasteiger partial charge >= 0.3 is 0 Å². The van der Waals surface area contributed by atoms with E-state index in [0.717, 1.165) is 41.4 Å². The molecule has 2 aromatic rings. The summed E-state index contributed by atoms with van der Waals surface area (Å²) >= 11 is 3.45. The van der Waals surface area contributed by atoms with Crippen LogP contribution in [0, 0.1) is 5.92 Å². The van der Waals surface area contributed by atoms with E-state index in [9.17, 15) is 0 Å². The molecule has 0 saturated carbocycles. The molecule has 0 radical (unpaired) electrons. The van der Waals surface area contributed by atoms with Gasteiger partial charge in [-0.1, -0.05) is 15.9 Å². The molecule has 0 spiro atoms. The van der Waals surface area contributed by atoms with Gasteiger partial charge in [0, 0.05) is 17.1 Å². The quantitative estimate of drug-likeness (QED) is 0.922. The Kier molecular flexibility index (Phi) is 3.11. The van der Waals surface area contributed by atoms with Crippen molar-refractivity contribution >= 4 is 21.6 Å². The number of aromatic nitrogens is 3. The molecule has 3 rings (SSSR count). The third-order valence-electron chi connectivity index (χ3n) is 3.27. The van der Waals surface area contributed by atoms with Gasteiger partial charge in [-0.05, 0) is 44.0 Å². The predicted octanol–water partition coefficient (Wildman–Crippen LogP) is 2.03. The summed E-state index contributed by atoms with van der Waals surface area (Å²) in [7, 11) is 0. The minimum absolute atomic E-state index is 0.733. The number of nitrogens with zero attached hydrogens (tertiary/aromatic N) is 3. The number of rotatable bonds is 2. The smallest absolute Gasteiger partial charge is 0.156 e. The zero-order valence-corrected chi connectivity index (χ0v) is 11.2. The number of nitrogens with one attached hydrogen (secondary N) is 1. The van der Waals surface area contributed by atoms with Gasteiger partial charge in [-0.3, -0.25) is 0 Å². The zero-order chi connectivity index (χ0) is 11.7. The van der Waals surface area contributed by atoms with Crippen molar-refractivity contribution in [3.8, 4) is 0 Å². The Morgan fingerprint density at radius 2 is 2.24 bits per heavy atom. The Bertz CT molecular complexity index is 516. The monoisotopic (exact) mass is 294 g/mol. The summed E-state index contributed by atoms with van der Waals surface area (Å²) in [5.41, 5.74) is 0.920. The topological polar surface area (TPSA) is 42.2 Å². The largest absolute Gasteiger partial charge is 0.317 e. The molecule has 0 unspecified atom stereocenters. The first-order valence-corrected chi connectivity index (χ1v) is 6.82. The van der Waals surface area contributed by atoms with Crippen LogP contribution in [0.4, 0.5) is 0 Å². The minimum Gasteiger partial charge on any atom is -0.317 e. The van der Waals surface area contributed by atoms with Crippen LogP contribution in [0.25, 0.3) is 5.65 Å². The first kappa shape index (κ1) is 11.2. The minimum atomic E-state index is 0.733. The lowest BCUT2D eigenvalue weighted by Gasteiger charge is -2.20. The van der Waals surface area contributed by atoms with Crippen LogP contribution in [0.3, 0.4) is 0 Å². The average Bonchev–Trinajstić information content (AvgIpc) is 2.71. The van der Waals surface area contributed by atoms with E-state index in [4.69, 9.17) is 0 Å². The summed E-state index contributed by atoms with van der Waals surface area (Å²) < 4.78 is 2.90. The van der Waals surface area contributed by atoms with E-state index < -0.39 is 0 Å². The fourth-order valence-corrected chi connectivity index (χ4v) is 2.66. The number of hydrogen-bond donors (Lipinski definition) is 1. The van der Waals surface area contributed by atoms with Crippen LogP contribution in [-0.4, -0.2) is 27.7 Å². The van der Waals surface area contributed by atoms with Crippen LogP contribution < -0.4 is 5.32 Å². The second kappa shape index (κ2) is 4.74. The molecule has 1 saturated heterocycles. The molecule has 0 aliphatic carbocycles. The Hall–Kier alpha value is -0.940. The number of pyridine rings is 1. The fraction of sp³-hybridized carbons (Fsp3) is 0.500. The van der Waals surface area contributed by atoms with Crippen molar-refractivity contribution < 1.29 is 0 Å². The average molecular weight is 295 g/mol. The zero-order valence-electron chi connectivity index (χ0n) is 9.56. The molecule has 1 aliphatic rings. The summed E-state index contributed by atoms with van der Waals surface area (Å²) in [6.45, 7) is 2.26. The molecule has 3 heterocycles. The predicted molar refractivity (Wildman–Crippen MR) is 70.0 cm³/mol. The molecular weight excluding hydrogens is 280 g/mol. The third-order valence-corrected chi connectivity index (χ3v) is 3.77. The van der Waals surface area contributed by atoms with Gasteiger partial charge in [-0.2, -0.15) is 5.10 Å². The van der Waals surface area contributed by atoms with Crippen LogP contribution >= 0.6 is 15.9 Å². The Morgan fingerprint density at radius 1 is 1.41 bits per heavy atom. The summed E-state index contributed by atoms with van der Waals surface area (Å²) in [6.07, 6.45) is 5.41. The van der Waals surface area contributed by atoms with Gasteiger partial charge in [0.05, 0.1) is 0 Å². The lowest BCUT2D eigenvalue weighted by Crippen LogP contribution is -2.28. The highest BCUT2D eigenvalue weighted by Crippen LogP contribution is 2.17. The van der Waals surface area contributed by atoms with Crippen molar-refractivity contribution in [2.45, 2.75) is 19.3 Å². The van der Waals surface area contributed by atoms with E-state index in [1.54, 1.807) is 0 Å². The molecule has 1 aliphatic heterocycles. The number of halogens is 1. The van der Waals surface area contributed by atoms with Crippen molar-refractivity contribution in [3.05, 3.63) is 28.6 Å². The van der Waals surface area contributed by atoms with Gasteiger partial charge < -0.3 is 5.32 Å². The van der Waals surface area contributed by atoms with Crippen LogP contribution in [0.2, 0.25) is 0 Å². The number of fused-ring (bicyclic) bond motifs is 1. The van der Waals surface area contributed by atoms with Crippen LogP contribution in [0.1, 0.15) is 18.7 Å². The normalized spacial score (nSPS) is 17.7. The molecule has 4 nitrogen and oxygen atoms in total. The molecule has 90 valence electrons. The summed E-state index contributed by atoms with van der Waals surface area (Å²) in [5.74, 6) is 1.70. The Balaban J connectivity index is 1.80. The second-order valence-corrected chi connectivity index (χ2v) is 5.49. The molecule has 1 fully saturated rings. The number of hydrogen-bond acceptors (Lipinski definition) is 3. The fourth-order valence-electron chi connectivity index (χ4n) is 2.33. The molecular formula is C12H15BrN4. The third kappa shape index (κ3) is 2.50. The van der Waals surface area contributed by atoms with Crippen molar-refractivity contribution in [2.24, 2.45) is 5.92 Å². The summed E-state index contributed by atoms with van der Waals surface area (Å²) in [4.78, 5) is 4.57. The summed E-state index contributed by atoms with van der Waals surface area (Å²) in [6, 6.07) is 3.98. The first-order valence-electron chi connectivity index (χ1n) is 6.03. The van der Waals surface area contributed by atoms with Crippen LogP contribution in [0.5, 0.6) is 0 Å². The molecule has 0 bridgehead atoms. The van der Waals surface area contributed by atoms with Crippen LogP contribution in [-0.2, 0) is 6.42 Å². The molecule has 2 aromatic heterocycles. The highest BCUT2D eigenvalue weighted by atomic mass is 79.9. The van der Waals surface area contributed by atoms with Crippen molar-refractivity contribution in [1.82, 2.24) is 19.9 Å². The second-order valence-electron chi connectivity index (χ2n) is 4.57. The van der Waals surface area contributed by atoms with Gasteiger partial charge in [-0.15, -0.1) is 0 Å². The highest BCUT2D eigenvalue weighted by molar-refractivity contribution is 9.10. The van der Waals surface area contributed by atoms with E-state index >= 15 is 0 Å². The maximum atomic E-state index is 4.57. The van der Waals surface area contributed by atoms with E-state index in [2.05, 4.69) is 31.3 Å². The summed E-state index contributed by atoms with van der Waals surface area (Å²) in [5, 5.41) is 7.89. The van der Waals surface area contributed by atoms with E-state index in [-0.39, 0.29) is 0 Å². The molecule has 0 aromatic carbocycles. The Labute approximate surface area is 109 Å². The van der Waals surface area contributed by atoms with Gasteiger partial charge in [-0.25, -0.2) is 9.50 Å². The van der Waals surface area contributed by atoms with E-state index in [0.29, 0.717) is 0 Å². The Morgan fingerprint density at radius 3 is 3.06 bits per heavy atom. The maximum Gasteiger partial charge on any atom is 0.156 e. The maximum absolute atomic E-state index is 4.57. The first-order chi connectivity index (χ1) is 8.31. The SMILES string of the molecule is Brc1ccn2nc(CC3CCNCC3)nc2c1. The number of piperidine rings is 1. The van der Waals surface area contributed by atoms with E-state index in [1.807, 2.05) is 22.8 Å². The van der Waals surface area contributed by atoms with Crippen molar-refractivity contribution in [2.75, 3.05) is 13.1 Å². The van der Waals surface area contributed by atoms with Gasteiger partial charge in [0.2, 0.25) is 0 Å². The molecule has 0 atom stereocenters.